The Labute approximate surface area is 92.5 Å². The van der Waals surface area contributed by atoms with E-state index in [0.717, 1.165) is 10.9 Å². The largest absolute Gasteiger partial charge is 0.506 e. The first kappa shape index (κ1) is 10.4. The van der Waals surface area contributed by atoms with Crippen LogP contribution in [0.5, 0.6) is 5.75 Å². The van der Waals surface area contributed by atoms with Gasteiger partial charge in [-0.15, -0.1) is 0 Å². The Morgan fingerprint density at radius 1 is 1.50 bits per heavy atom. The average molecular weight is 217 g/mol. The molecule has 4 heteroatoms. The fraction of sp³-hybridized carbons (Fsp3) is 0.167. The van der Waals surface area contributed by atoms with Gasteiger partial charge in [-0.3, -0.25) is 9.78 Å². The minimum atomic E-state index is -0.304. The molecule has 0 amide bonds. The summed E-state index contributed by atoms with van der Waals surface area (Å²) in [6.45, 7) is 0. The number of phenols is 1. The Morgan fingerprint density at radius 2 is 2.31 bits per heavy atom. The van der Waals surface area contributed by atoms with Gasteiger partial charge in [0.25, 0.3) is 0 Å². The second-order valence-electron chi connectivity index (χ2n) is 3.45. The van der Waals surface area contributed by atoms with Crippen LogP contribution in [-0.4, -0.2) is 23.2 Å². The number of para-hydroxylation sites is 1. The summed E-state index contributed by atoms with van der Waals surface area (Å²) in [5, 5.41) is 10.3. The highest BCUT2D eigenvalue weighted by atomic mass is 16.5. The Hall–Kier alpha value is -2.10. The number of benzene rings is 1. The number of carbonyl (C=O) groups is 1. The van der Waals surface area contributed by atoms with Crippen molar-refractivity contribution >= 4 is 16.9 Å². The first-order chi connectivity index (χ1) is 7.70. The number of ether oxygens (including phenoxy) is 1. The lowest BCUT2D eigenvalue weighted by molar-refractivity contribution is -0.139. The Bertz CT molecular complexity index is 537. The highest BCUT2D eigenvalue weighted by molar-refractivity contribution is 5.85. The van der Waals surface area contributed by atoms with Crippen molar-refractivity contribution in [1.82, 2.24) is 4.98 Å². The Balaban J connectivity index is 2.41. The minimum Gasteiger partial charge on any atom is -0.506 e. The van der Waals surface area contributed by atoms with Gasteiger partial charge in [0.2, 0.25) is 0 Å². The van der Waals surface area contributed by atoms with Crippen molar-refractivity contribution < 1.29 is 14.6 Å². The van der Waals surface area contributed by atoms with Gasteiger partial charge in [-0.05, 0) is 17.7 Å². The van der Waals surface area contributed by atoms with Crippen LogP contribution in [-0.2, 0) is 16.0 Å². The molecule has 82 valence electrons. The van der Waals surface area contributed by atoms with Crippen LogP contribution >= 0.6 is 0 Å². The van der Waals surface area contributed by atoms with E-state index in [0.29, 0.717) is 5.52 Å². The van der Waals surface area contributed by atoms with Crippen molar-refractivity contribution in [2.75, 3.05) is 7.11 Å². The molecule has 0 saturated heterocycles. The van der Waals surface area contributed by atoms with Crippen LogP contribution in [0.3, 0.4) is 0 Å². The van der Waals surface area contributed by atoms with Gasteiger partial charge < -0.3 is 9.84 Å². The van der Waals surface area contributed by atoms with Crippen LogP contribution in [0.4, 0.5) is 0 Å². The van der Waals surface area contributed by atoms with Crippen LogP contribution < -0.4 is 0 Å². The number of rotatable bonds is 2. The summed E-state index contributed by atoms with van der Waals surface area (Å²) in [4.78, 5) is 15.2. The van der Waals surface area contributed by atoms with Gasteiger partial charge in [-0.2, -0.15) is 0 Å². The highest BCUT2D eigenvalue weighted by Crippen LogP contribution is 2.22. The van der Waals surface area contributed by atoms with Gasteiger partial charge in [-0.25, -0.2) is 0 Å². The van der Waals surface area contributed by atoms with Crippen molar-refractivity contribution in [2.45, 2.75) is 6.42 Å². The molecule has 0 bridgehead atoms. The third kappa shape index (κ3) is 1.95. The number of aromatic hydroxyl groups is 1. The van der Waals surface area contributed by atoms with Crippen molar-refractivity contribution in [3.8, 4) is 5.75 Å². The number of carbonyl (C=O) groups excluding carboxylic acids is 1. The van der Waals surface area contributed by atoms with E-state index in [2.05, 4.69) is 9.72 Å². The fourth-order valence-electron chi connectivity index (χ4n) is 1.53. The number of pyridine rings is 1. The van der Waals surface area contributed by atoms with E-state index in [1.165, 1.54) is 7.11 Å². The van der Waals surface area contributed by atoms with Gasteiger partial charge >= 0.3 is 5.97 Å². The Kier molecular flexibility index (Phi) is 2.72. The molecule has 1 heterocycles. The van der Waals surface area contributed by atoms with Crippen molar-refractivity contribution in [2.24, 2.45) is 0 Å². The van der Waals surface area contributed by atoms with E-state index in [-0.39, 0.29) is 18.1 Å². The quantitative estimate of drug-likeness (QED) is 0.777. The van der Waals surface area contributed by atoms with Crippen molar-refractivity contribution in [3.05, 3.63) is 36.0 Å². The van der Waals surface area contributed by atoms with E-state index in [9.17, 15) is 9.90 Å². The molecular weight excluding hydrogens is 206 g/mol. The maximum absolute atomic E-state index is 11.1. The Morgan fingerprint density at radius 3 is 3.06 bits per heavy atom. The summed E-state index contributed by atoms with van der Waals surface area (Å²) in [6.07, 6.45) is 1.76. The molecule has 1 aromatic carbocycles. The summed E-state index contributed by atoms with van der Waals surface area (Å²) >= 11 is 0. The first-order valence-corrected chi connectivity index (χ1v) is 4.84. The lowest BCUT2D eigenvalue weighted by Gasteiger charge is -2.03. The summed E-state index contributed by atoms with van der Waals surface area (Å²) in [6, 6.07) is 6.97. The van der Waals surface area contributed by atoms with Crippen LogP contribution in [0.1, 0.15) is 5.56 Å². The summed E-state index contributed by atoms with van der Waals surface area (Å²) in [7, 11) is 1.35. The lowest BCUT2D eigenvalue weighted by atomic mass is 10.1. The van der Waals surface area contributed by atoms with Crippen LogP contribution in [0.2, 0.25) is 0 Å². The molecule has 0 aliphatic heterocycles. The van der Waals surface area contributed by atoms with Crippen molar-refractivity contribution in [3.63, 3.8) is 0 Å². The minimum absolute atomic E-state index is 0.141. The monoisotopic (exact) mass is 217 g/mol. The molecule has 0 spiro atoms. The zero-order chi connectivity index (χ0) is 11.5. The molecule has 4 nitrogen and oxygen atoms in total. The number of nitrogens with zero attached hydrogens (tertiary/aromatic N) is 1. The second kappa shape index (κ2) is 4.18. The van der Waals surface area contributed by atoms with E-state index >= 15 is 0 Å². The predicted molar refractivity (Wildman–Crippen MR) is 59.1 cm³/mol. The van der Waals surface area contributed by atoms with Crippen LogP contribution in [0, 0.1) is 0 Å². The third-order valence-electron chi connectivity index (χ3n) is 2.32. The number of aromatic nitrogens is 1. The first-order valence-electron chi connectivity index (χ1n) is 4.84. The summed E-state index contributed by atoms with van der Waals surface area (Å²) in [5.74, 6) is -0.163. The normalized spacial score (nSPS) is 10.3. The molecule has 0 saturated carbocycles. The average Bonchev–Trinajstić information content (AvgIpc) is 2.29. The molecule has 16 heavy (non-hydrogen) atoms. The van der Waals surface area contributed by atoms with Gasteiger partial charge in [0.05, 0.1) is 13.5 Å². The molecule has 1 aromatic heterocycles. The molecule has 0 radical (unpaired) electrons. The van der Waals surface area contributed by atoms with E-state index in [1.807, 2.05) is 12.1 Å². The van der Waals surface area contributed by atoms with Gasteiger partial charge in [0.1, 0.15) is 11.3 Å². The molecule has 0 unspecified atom stereocenters. The number of fused-ring (bicyclic) bond motifs is 1. The number of methoxy groups -OCH3 is 1. The van der Waals surface area contributed by atoms with Crippen molar-refractivity contribution in [1.29, 1.82) is 0 Å². The lowest BCUT2D eigenvalue weighted by Crippen LogP contribution is -2.04. The maximum Gasteiger partial charge on any atom is 0.310 e. The smallest absolute Gasteiger partial charge is 0.310 e. The van der Waals surface area contributed by atoms with Crippen LogP contribution in [0.25, 0.3) is 10.9 Å². The molecular formula is C12H11NO3. The number of phenolic OH excluding ortho intramolecular Hbond substituents is 1. The number of hydrogen-bond acceptors (Lipinski definition) is 4. The zero-order valence-electron chi connectivity index (χ0n) is 8.80. The van der Waals surface area contributed by atoms with Gasteiger partial charge in [0, 0.05) is 11.6 Å². The fourth-order valence-corrected chi connectivity index (χ4v) is 1.53. The standard InChI is InChI=1S/C12H11NO3/c1-16-11(15)6-8-5-9-3-2-4-10(14)12(9)13-7-8/h2-5,7,14H,6H2,1H3. The maximum atomic E-state index is 11.1. The topological polar surface area (TPSA) is 59.4 Å². The SMILES string of the molecule is COC(=O)Cc1cnc2c(O)cccc2c1. The van der Waals surface area contributed by atoms with E-state index in [1.54, 1.807) is 18.3 Å². The molecule has 0 aliphatic rings. The molecule has 2 aromatic rings. The molecule has 2 rings (SSSR count). The second-order valence-corrected chi connectivity index (χ2v) is 3.45. The van der Waals surface area contributed by atoms with Gasteiger partial charge in [-0.1, -0.05) is 12.1 Å². The van der Waals surface area contributed by atoms with Crippen LogP contribution in [0.15, 0.2) is 30.5 Å². The van der Waals surface area contributed by atoms with E-state index < -0.39 is 0 Å². The molecule has 1 N–H and O–H groups in total. The number of hydrogen-bond donors (Lipinski definition) is 1. The highest BCUT2D eigenvalue weighted by Gasteiger charge is 2.06. The molecule has 0 aliphatic carbocycles. The number of esters is 1. The summed E-state index contributed by atoms with van der Waals surface area (Å²) in [5.41, 5.74) is 1.31. The zero-order valence-corrected chi connectivity index (χ0v) is 8.80. The summed E-state index contributed by atoms with van der Waals surface area (Å²) < 4.78 is 4.57. The molecule has 0 atom stereocenters. The third-order valence-corrected chi connectivity index (χ3v) is 2.32. The van der Waals surface area contributed by atoms with E-state index in [4.69, 9.17) is 0 Å². The van der Waals surface area contributed by atoms with Gasteiger partial charge in [0.15, 0.2) is 0 Å². The predicted octanol–water partition coefficient (Wildman–Crippen LogP) is 1.66. The molecule has 0 fully saturated rings.